The summed E-state index contributed by atoms with van der Waals surface area (Å²) in [4.78, 5) is 11.6. The minimum atomic E-state index is -0.799. The third kappa shape index (κ3) is 3.58. The first-order valence-corrected chi connectivity index (χ1v) is 7.32. The van der Waals surface area contributed by atoms with Crippen molar-refractivity contribution in [2.24, 2.45) is 5.73 Å². The van der Waals surface area contributed by atoms with Gasteiger partial charge in [0.2, 0.25) is 5.91 Å². The van der Waals surface area contributed by atoms with Crippen LogP contribution in [0.5, 0.6) is 0 Å². The molecule has 104 valence electrons. The Bertz CT molecular complexity index is 649. The molecule has 0 saturated carbocycles. The Balaban J connectivity index is 2.32. The number of nitrogens with two attached hydrogens (primary N) is 1. The van der Waals surface area contributed by atoms with Crippen LogP contribution in [0.4, 0.5) is 10.1 Å². The van der Waals surface area contributed by atoms with Crippen LogP contribution in [0.25, 0.3) is 0 Å². The van der Waals surface area contributed by atoms with Gasteiger partial charge in [-0.25, -0.2) is 4.39 Å². The van der Waals surface area contributed by atoms with E-state index in [1.165, 1.54) is 6.07 Å². The highest BCUT2D eigenvalue weighted by Gasteiger charge is 2.19. The Hall–Kier alpha value is -1.40. The summed E-state index contributed by atoms with van der Waals surface area (Å²) in [6.07, 6.45) is 0. The fraction of sp³-hybridized carbons (Fsp3) is 0.0714. The summed E-state index contributed by atoms with van der Waals surface area (Å²) < 4.78 is 14.8. The first-order valence-electron chi connectivity index (χ1n) is 5.74. The number of primary amides is 1. The van der Waals surface area contributed by atoms with Crippen LogP contribution in [-0.4, -0.2) is 5.91 Å². The predicted octanol–water partition coefficient (Wildman–Crippen LogP) is 3.99. The molecule has 0 aliphatic carbocycles. The van der Waals surface area contributed by atoms with E-state index in [9.17, 15) is 9.18 Å². The summed E-state index contributed by atoms with van der Waals surface area (Å²) in [5, 5.41) is 3.00. The average molecular weight is 402 g/mol. The zero-order valence-corrected chi connectivity index (χ0v) is 13.4. The molecule has 1 amide bonds. The standard InChI is InChI=1S/C14H11Br2FN2O/c15-9-2-1-3-10(7-9)19-13(14(18)20)8-4-5-11(16)12(17)6-8/h1-7,13,19H,(H2,18,20). The molecule has 1 atom stereocenters. The Morgan fingerprint density at radius 1 is 1.20 bits per heavy atom. The largest absolute Gasteiger partial charge is 0.370 e. The number of hydrogen-bond donors (Lipinski definition) is 2. The molecule has 0 aromatic heterocycles. The first-order chi connectivity index (χ1) is 9.47. The van der Waals surface area contributed by atoms with E-state index in [0.29, 0.717) is 15.7 Å². The fourth-order valence-electron chi connectivity index (χ4n) is 1.76. The lowest BCUT2D eigenvalue weighted by Gasteiger charge is -2.17. The number of amides is 1. The number of halogens is 3. The van der Waals surface area contributed by atoms with Crippen molar-refractivity contribution in [3.8, 4) is 0 Å². The topological polar surface area (TPSA) is 55.1 Å². The van der Waals surface area contributed by atoms with E-state index in [1.54, 1.807) is 18.2 Å². The molecule has 0 fully saturated rings. The molecule has 0 spiro atoms. The third-order valence-corrected chi connectivity index (χ3v) is 3.83. The molecule has 1 unspecified atom stereocenters. The minimum absolute atomic E-state index is 0.340. The zero-order valence-electron chi connectivity index (χ0n) is 10.2. The molecule has 3 nitrogen and oxygen atoms in total. The van der Waals surface area contributed by atoms with E-state index in [1.807, 2.05) is 18.2 Å². The van der Waals surface area contributed by atoms with E-state index in [4.69, 9.17) is 5.73 Å². The maximum absolute atomic E-state index is 13.6. The monoisotopic (exact) mass is 400 g/mol. The molecule has 20 heavy (non-hydrogen) atoms. The van der Waals surface area contributed by atoms with Crippen molar-refractivity contribution in [2.45, 2.75) is 6.04 Å². The van der Waals surface area contributed by atoms with Crippen molar-refractivity contribution in [1.82, 2.24) is 0 Å². The Kier molecular flexibility index (Phi) is 4.77. The van der Waals surface area contributed by atoms with Crippen LogP contribution < -0.4 is 11.1 Å². The highest BCUT2D eigenvalue weighted by atomic mass is 79.9. The highest BCUT2D eigenvalue weighted by molar-refractivity contribution is 9.10. The third-order valence-electron chi connectivity index (χ3n) is 2.70. The normalized spacial score (nSPS) is 11.9. The number of rotatable bonds is 4. The van der Waals surface area contributed by atoms with Crippen LogP contribution in [-0.2, 0) is 4.79 Å². The van der Waals surface area contributed by atoms with E-state index in [0.717, 1.165) is 4.47 Å². The maximum Gasteiger partial charge on any atom is 0.244 e. The van der Waals surface area contributed by atoms with Gasteiger partial charge in [-0.1, -0.05) is 28.1 Å². The zero-order chi connectivity index (χ0) is 14.7. The minimum Gasteiger partial charge on any atom is -0.370 e. The summed E-state index contributed by atoms with van der Waals surface area (Å²) in [7, 11) is 0. The lowest BCUT2D eigenvalue weighted by molar-refractivity contribution is -0.118. The molecule has 2 rings (SSSR count). The van der Waals surface area contributed by atoms with Gasteiger partial charge in [0, 0.05) is 10.2 Å². The van der Waals surface area contributed by atoms with Crippen molar-refractivity contribution >= 4 is 43.5 Å². The highest BCUT2D eigenvalue weighted by Crippen LogP contribution is 2.25. The number of anilines is 1. The average Bonchev–Trinajstić information content (AvgIpc) is 2.39. The SMILES string of the molecule is NC(=O)C(Nc1cccc(Br)c1)c1ccc(Br)c(F)c1. The molecule has 3 N–H and O–H groups in total. The van der Waals surface area contributed by atoms with Crippen LogP contribution in [0, 0.1) is 5.82 Å². The molecule has 0 aliphatic rings. The van der Waals surface area contributed by atoms with Gasteiger partial charge in [0.25, 0.3) is 0 Å². The van der Waals surface area contributed by atoms with Gasteiger partial charge >= 0.3 is 0 Å². The second-order valence-corrected chi connectivity index (χ2v) is 5.93. The lowest BCUT2D eigenvalue weighted by Crippen LogP contribution is -2.27. The number of hydrogen-bond acceptors (Lipinski definition) is 2. The molecule has 0 aliphatic heterocycles. The first kappa shape index (κ1) is 15.0. The summed E-state index contributed by atoms with van der Waals surface area (Å²) in [5.74, 6) is -1.02. The van der Waals surface area contributed by atoms with Crippen LogP contribution >= 0.6 is 31.9 Å². The van der Waals surface area contributed by atoms with Gasteiger partial charge in [-0.05, 0) is 51.8 Å². The van der Waals surface area contributed by atoms with Gasteiger partial charge in [-0.2, -0.15) is 0 Å². The molecule has 2 aromatic carbocycles. The molecular formula is C14H11Br2FN2O. The number of benzene rings is 2. The fourth-order valence-corrected chi connectivity index (χ4v) is 2.40. The molecule has 2 aromatic rings. The van der Waals surface area contributed by atoms with E-state index >= 15 is 0 Å². The second-order valence-electron chi connectivity index (χ2n) is 4.16. The maximum atomic E-state index is 13.6. The molecule has 6 heteroatoms. The smallest absolute Gasteiger partial charge is 0.244 e. The van der Waals surface area contributed by atoms with Gasteiger partial charge in [0.05, 0.1) is 4.47 Å². The van der Waals surface area contributed by atoms with Crippen LogP contribution in [0.3, 0.4) is 0 Å². The van der Waals surface area contributed by atoms with Crippen LogP contribution in [0.15, 0.2) is 51.4 Å². The molecule has 0 saturated heterocycles. The van der Waals surface area contributed by atoms with Crippen LogP contribution in [0.1, 0.15) is 11.6 Å². The number of nitrogens with one attached hydrogen (secondary N) is 1. The quantitative estimate of drug-likeness (QED) is 0.813. The molecular weight excluding hydrogens is 391 g/mol. The van der Waals surface area contributed by atoms with Crippen molar-refractivity contribution in [1.29, 1.82) is 0 Å². The van der Waals surface area contributed by atoms with E-state index in [-0.39, 0.29) is 0 Å². The molecule has 0 heterocycles. The van der Waals surface area contributed by atoms with Crippen molar-refractivity contribution in [2.75, 3.05) is 5.32 Å². The van der Waals surface area contributed by atoms with Gasteiger partial charge < -0.3 is 11.1 Å². The van der Waals surface area contributed by atoms with Crippen molar-refractivity contribution in [3.05, 3.63) is 62.8 Å². The number of carbonyl (C=O) groups is 1. The summed E-state index contributed by atoms with van der Waals surface area (Å²) in [5.41, 5.74) is 6.58. The predicted molar refractivity (Wildman–Crippen MR) is 83.8 cm³/mol. The Morgan fingerprint density at radius 2 is 1.95 bits per heavy atom. The van der Waals surface area contributed by atoms with Gasteiger partial charge in [0.15, 0.2) is 0 Å². The summed E-state index contributed by atoms with van der Waals surface area (Å²) in [6.45, 7) is 0. The second kappa shape index (κ2) is 6.37. The van der Waals surface area contributed by atoms with E-state index in [2.05, 4.69) is 37.2 Å². The summed E-state index contributed by atoms with van der Waals surface area (Å²) >= 11 is 6.42. The Labute approximate surface area is 132 Å². The van der Waals surface area contributed by atoms with Gasteiger partial charge in [-0.3, -0.25) is 4.79 Å². The lowest BCUT2D eigenvalue weighted by atomic mass is 10.1. The van der Waals surface area contributed by atoms with E-state index < -0.39 is 17.8 Å². The summed E-state index contributed by atoms with van der Waals surface area (Å²) in [6, 6.07) is 11.0. The van der Waals surface area contributed by atoms with Crippen molar-refractivity contribution < 1.29 is 9.18 Å². The Morgan fingerprint density at radius 3 is 2.55 bits per heavy atom. The van der Waals surface area contributed by atoms with Crippen molar-refractivity contribution in [3.63, 3.8) is 0 Å². The van der Waals surface area contributed by atoms with Gasteiger partial charge in [-0.15, -0.1) is 0 Å². The van der Waals surface area contributed by atoms with Gasteiger partial charge in [0.1, 0.15) is 11.9 Å². The number of carbonyl (C=O) groups excluding carboxylic acids is 1. The van der Waals surface area contributed by atoms with Crippen LogP contribution in [0.2, 0.25) is 0 Å². The molecule has 0 bridgehead atoms. The molecule has 0 radical (unpaired) electrons.